The number of nitrogens with one attached hydrogen (secondary N) is 1. The van der Waals surface area contributed by atoms with Gasteiger partial charge in [-0.25, -0.2) is 4.39 Å². The fraction of sp³-hybridized carbons (Fsp3) is 0.250. The minimum Gasteiger partial charge on any atom is -0.489 e. The second kappa shape index (κ2) is 10.3. The third kappa shape index (κ3) is 6.36. The molecule has 4 heteroatoms. The lowest BCUT2D eigenvalue weighted by atomic mass is 10.1. The van der Waals surface area contributed by atoms with Crippen molar-refractivity contribution in [2.24, 2.45) is 0 Å². The van der Waals surface area contributed by atoms with Crippen molar-refractivity contribution >= 4 is 11.6 Å². The van der Waals surface area contributed by atoms with Crippen molar-refractivity contribution in [3.05, 3.63) is 100 Å². The van der Waals surface area contributed by atoms with Crippen LogP contribution in [0.3, 0.4) is 0 Å². The molecule has 2 nitrogen and oxygen atoms in total. The van der Waals surface area contributed by atoms with Crippen molar-refractivity contribution in [2.45, 2.75) is 39.0 Å². The topological polar surface area (TPSA) is 21.3 Å². The predicted octanol–water partition coefficient (Wildman–Crippen LogP) is 6.17. The van der Waals surface area contributed by atoms with E-state index in [1.807, 2.05) is 18.2 Å². The van der Waals surface area contributed by atoms with Crippen LogP contribution in [0.1, 0.15) is 30.0 Å². The van der Waals surface area contributed by atoms with Crippen molar-refractivity contribution < 1.29 is 9.13 Å². The molecular formula is C24H25ClFNO. The van der Waals surface area contributed by atoms with Crippen molar-refractivity contribution in [2.75, 3.05) is 0 Å². The number of ether oxygens (including phenoxy) is 1. The highest BCUT2D eigenvalue weighted by molar-refractivity contribution is 6.31. The van der Waals surface area contributed by atoms with Crippen LogP contribution in [0.2, 0.25) is 5.02 Å². The van der Waals surface area contributed by atoms with Crippen LogP contribution in [0.5, 0.6) is 5.75 Å². The molecule has 0 spiro atoms. The Morgan fingerprint density at radius 2 is 1.71 bits per heavy atom. The molecule has 3 rings (SSSR count). The third-order valence-electron chi connectivity index (χ3n) is 4.70. The van der Waals surface area contributed by atoms with E-state index in [1.54, 1.807) is 6.07 Å². The Balaban J connectivity index is 1.42. The van der Waals surface area contributed by atoms with Gasteiger partial charge in [0, 0.05) is 18.2 Å². The van der Waals surface area contributed by atoms with E-state index in [-0.39, 0.29) is 5.82 Å². The highest BCUT2D eigenvalue weighted by Gasteiger charge is 2.05. The Kier molecular flexibility index (Phi) is 7.46. The van der Waals surface area contributed by atoms with Crippen molar-refractivity contribution in [1.82, 2.24) is 5.32 Å². The summed E-state index contributed by atoms with van der Waals surface area (Å²) in [7, 11) is 0. The fourth-order valence-electron chi connectivity index (χ4n) is 2.93. The van der Waals surface area contributed by atoms with Crippen molar-refractivity contribution in [3.8, 4) is 5.75 Å². The first-order valence-electron chi connectivity index (χ1n) is 9.53. The van der Waals surface area contributed by atoms with E-state index >= 15 is 0 Å². The molecule has 1 N–H and O–H groups in total. The first-order chi connectivity index (χ1) is 13.6. The van der Waals surface area contributed by atoms with Crippen molar-refractivity contribution in [1.29, 1.82) is 0 Å². The molecule has 1 atom stereocenters. The molecule has 0 bridgehead atoms. The van der Waals surface area contributed by atoms with Gasteiger partial charge in [-0.2, -0.15) is 0 Å². The molecule has 0 aromatic heterocycles. The van der Waals surface area contributed by atoms with E-state index in [4.69, 9.17) is 16.3 Å². The fourth-order valence-corrected chi connectivity index (χ4v) is 3.15. The Bertz CT molecular complexity index is 868. The molecule has 0 aliphatic rings. The van der Waals surface area contributed by atoms with E-state index < -0.39 is 0 Å². The van der Waals surface area contributed by atoms with Gasteiger partial charge in [-0.3, -0.25) is 0 Å². The molecule has 0 saturated heterocycles. The quantitative estimate of drug-likeness (QED) is 0.466. The zero-order valence-corrected chi connectivity index (χ0v) is 16.8. The van der Waals surface area contributed by atoms with E-state index in [2.05, 4.69) is 48.6 Å². The standard InChI is InChI=1S/C24H25ClFNO/c1-18(7-8-19-5-3-2-4-6-19)27-16-20-9-13-23(14-10-20)28-17-21-11-12-22(26)15-24(21)25/h2-6,9-15,18,27H,7-8,16-17H2,1H3. The third-order valence-corrected chi connectivity index (χ3v) is 5.05. The smallest absolute Gasteiger partial charge is 0.124 e. The molecule has 0 aliphatic heterocycles. The van der Waals surface area contributed by atoms with Gasteiger partial charge < -0.3 is 10.1 Å². The van der Waals surface area contributed by atoms with Crippen LogP contribution < -0.4 is 10.1 Å². The molecule has 28 heavy (non-hydrogen) atoms. The highest BCUT2D eigenvalue weighted by Crippen LogP contribution is 2.20. The average molecular weight is 398 g/mol. The minimum atomic E-state index is -0.344. The van der Waals surface area contributed by atoms with E-state index in [0.29, 0.717) is 17.7 Å². The lowest BCUT2D eigenvalue weighted by molar-refractivity contribution is 0.306. The van der Waals surface area contributed by atoms with Gasteiger partial charge in [-0.1, -0.05) is 60.1 Å². The maximum atomic E-state index is 13.1. The van der Waals surface area contributed by atoms with Crippen LogP contribution in [0.25, 0.3) is 0 Å². The maximum Gasteiger partial charge on any atom is 0.124 e. The molecule has 0 heterocycles. The SMILES string of the molecule is CC(CCc1ccccc1)NCc1ccc(OCc2ccc(F)cc2Cl)cc1. The Morgan fingerprint density at radius 3 is 2.43 bits per heavy atom. The molecule has 3 aromatic carbocycles. The number of hydrogen-bond acceptors (Lipinski definition) is 2. The van der Waals surface area contributed by atoms with Crippen LogP contribution in [0, 0.1) is 5.82 Å². The zero-order chi connectivity index (χ0) is 19.8. The minimum absolute atomic E-state index is 0.313. The Labute approximate surface area is 171 Å². The van der Waals surface area contributed by atoms with Gasteiger partial charge in [0.15, 0.2) is 0 Å². The average Bonchev–Trinajstić information content (AvgIpc) is 2.71. The summed E-state index contributed by atoms with van der Waals surface area (Å²) in [6.45, 7) is 3.35. The molecule has 1 unspecified atom stereocenters. The number of benzene rings is 3. The number of halogens is 2. The summed E-state index contributed by atoms with van der Waals surface area (Å²) in [6, 6.07) is 23.3. The van der Waals surface area contributed by atoms with Crippen LogP contribution in [0.15, 0.2) is 72.8 Å². The zero-order valence-electron chi connectivity index (χ0n) is 16.0. The second-order valence-electron chi connectivity index (χ2n) is 6.97. The van der Waals surface area contributed by atoms with Gasteiger partial charge in [0.05, 0.1) is 5.02 Å². The first-order valence-corrected chi connectivity index (χ1v) is 9.91. The molecule has 146 valence electrons. The molecule has 3 aromatic rings. The van der Waals surface area contributed by atoms with E-state index in [0.717, 1.165) is 30.7 Å². The summed E-state index contributed by atoms with van der Waals surface area (Å²) in [5.41, 5.74) is 3.35. The summed E-state index contributed by atoms with van der Waals surface area (Å²) in [6.07, 6.45) is 2.18. The van der Waals surface area contributed by atoms with E-state index in [1.165, 1.54) is 23.3 Å². The number of hydrogen-bond donors (Lipinski definition) is 1. The summed E-state index contributed by atoms with van der Waals surface area (Å²) in [4.78, 5) is 0. The molecule has 0 aliphatic carbocycles. The van der Waals surface area contributed by atoms with Crippen LogP contribution in [0.4, 0.5) is 4.39 Å². The monoisotopic (exact) mass is 397 g/mol. The lowest BCUT2D eigenvalue weighted by Gasteiger charge is -2.14. The van der Waals surface area contributed by atoms with Gasteiger partial charge in [0.25, 0.3) is 0 Å². The molecule has 0 amide bonds. The first kappa shape index (κ1) is 20.4. The van der Waals surface area contributed by atoms with Crippen LogP contribution in [-0.4, -0.2) is 6.04 Å². The van der Waals surface area contributed by atoms with E-state index in [9.17, 15) is 4.39 Å². The highest BCUT2D eigenvalue weighted by atomic mass is 35.5. The lowest BCUT2D eigenvalue weighted by Crippen LogP contribution is -2.25. The van der Waals surface area contributed by atoms with Gasteiger partial charge in [-0.05, 0) is 55.2 Å². The summed E-state index contributed by atoms with van der Waals surface area (Å²) in [5, 5.41) is 3.95. The van der Waals surface area contributed by atoms with Gasteiger partial charge >= 0.3 is 0 Å². The Hall–Kier alpha value is -2.36. The number of aryl methyl sites for hydroxylation is 1. The van der Waals surface area contributed by atoms with Gasteiger partial charge in [0.1, 0.15) is 18.2 Å². The summed E-state index contributed by atoms with van der Waals surface area (Å²) < 4.78 is 18.8. The normalized spacial score (nSPS) is 12.0. The number of rotatable bonds is 9. The van der Waals surface area contributed by atoms with Crippen LogP contribution >= 0.6 is 11.6 Å². The molecular weight excluding hydrogens is 373 g/mol. The maximum absolute atomic E-state index is 13.1. The van der Waals surface area contributed by atoms with Crippen molar-refractivity contribution in [3.63, 3.8) is 0 Å². The van der Waals surface area contributed by atoms with Gasteiger partial charge in [0.2, 0.25) is 0 Å². The summed E-state index contributed by atoms with van der Waals surface area (Å²) in [5.74, 6) is 0.421. The molecule has 0 radical (unpaired) electrons. The Morgan fingerprint density at radius 1 is 0.964 bits per heavy atom. The second-order valence-corrected chi connectivity index (χ2v) is 7.38. The van der Waals surface area contributed by atoms with Gasteiger partial charge in [-0.15, -0.1) is 0 Å². The molecule has 0 saturated carbocycles. The largest absolute Gasteiger partial charge is 0.489 e. The van der Waals surface area contributed by atoms with Crippen LogP contribution in [-0.2, 0) is 19.6 Å². The molecule has 0 fully saturated rings. The summed E-state index contributed by atoms with van der Waals surface area (Å²) >= 11 is 6.03. The predicted molar refractivity (Wildman–Crippen MR) is 113 cm³/mol.